The lowest BCUT2D eigenvalue weighted by molar-refractivity contribution is -0.112. The van der Waals surface area contributed by atoms with Gasteiger partial charge < -0.3 is 14.8 Å². The summed E-state index contributed by atoms with van der Waals surface area (Å²) in [4.78, 5) is 12.6. The van der Waals surface area contributed by atoms with Crippen LogP contribution >= 0.6 is 0 Å². The fourth-order valence-electron chi connectivity index (χ4n) is 3.33. The summed E-state index contributed by atoms with van der Waals surface area (Å²) < 4.78 is 11.6. The van der Waals surface area contributed by atoms with Gasteiger partial charge in [-0.15, -0.1) is 6.58 Å². The second-order valence-corrected chi connectivity index (χ2v) is 7.25. The maximum Gasteiger partial charge on any atom is 0.266 e. The van der Waals surface area contributed by atoms with Gasteiger partial charge in [0.05, 0.1) is 18.7 Å². The van der Waals surface area contributed by atoms with Crippen molar-refractivity contribution in [1.29, 1.82) is 10.5 Å². The third-order valence-corrected chi connectivity index (χ3v) is 4.96. The number of para-hydroxylation sites is 1. The van der Waals surface area contributed by atoms with Gasteiger partial charge in [-0.25, -0.2) is 0 Å². The maximum atomic E-state index is 12.6. The second-order valence-electron chi connectivity index (χ2n) is 7.25. The highest BCUT2D eigenvalue weighted by molar-refractivity contribution is 6.09. The summed E-state index contributed by atoms with van der Waals surface area (Å²) in [6, 6.07) is 23.8. The van der Waals surface area contributed by atoms with E-state index in [-0.39, 0.29) is 12.2 Å². The van der Waals surface area contributed by atoms with E-state index in [0.717, 1.165) is 11.1 Å². The molecular weight excluding hydrogens is 426 g/mol. The Morgan fingerprint density at radius 1 is 1.06 bits per heavy atom. The molecule has 0 heterocycles. The molecule has 168 valence electrons. The highest BCUT2D eigenvalue weighted by Crippen LogP contribution is 2.35. The molecule has 0 fully saturated rings. The van der Waals surface area contributed by atoms with Gasteiger partial charge in [-0.3, -0.25) is 4.79 Å². The van der Waals surface area contributed by atoms with Crippen molar-refractivity contribution in [3.8, 4) is 23.6 Å². The average molecular weight is 450 g/mol. The molecule has 6 heteroatoms. The number of benzene rings is 3. The molecule has 3 rings (SSSR count). The Bertz CT molecular complexity index is 1300. The molecule has 0 saturated heterocycles. The largest absolute Gasteiger partial charge is 0.493 e. The number of hydrogen-bond donors (Lipinski definition) is 1. The van der Waals surface area contributed by atoms with E-state index in [9.17, 15) is 15.3 Å². The van der Waals surface area contributed by atoms with Gasteiger partial charge in [-0.2, -0.15) is 10.5 Å². The smallest absolute Gasteiger partial charge is 0.266 e. The Balaban J connectivity index is 1.92. The molecule has 1 amide bonds. The van der Waals surface area contributed by atoms with E-state index in [2.05, 4.69) is 18.0 Å². The lowest BCUT2D eigenvalue weighted by atomic mass is 10.0. The monoisotopic (exact) mass is 449 g/mol. The fraction of sp³-hybridized carbons (Fsp3) is 0.107. The van der Waals surface area contributed by atoms with Crippen LogP contribution < -0.4 is 14.8 Å². The van der Waals surface area contributed by atoms with Gasteiger partial charge in [-0.05, 0) is 48.4 Å². The molecule has 6 nitrogen and oxygen atoms in total. The molecule has 0 saturated carbocycles. The molecule has 0 spiro atoms. The van der Waals surface area contributed by atoms with Crippen molar-refractivity contribution in [2.75, 3.05) is 12.4 Å². The quantitative estimate of drug-likeness (QED) is 0.267. The summed E-state index contributed by atoms with van der Waals surface area (Å²) in [5.74, 6) is 0.451. The Labute approximate surface area is 199 Å². The van der Waals surface area contributed by atoms with Gasteiger partial charge in [-0.1, -0.05) is 42.5 Å². The van der Waals surface area contributed by atoms with Crippen molar-refractivity contribution >= 4 is 17.7 Å². The summed E-state index contributed by atoms with van der Waals surface area (Å²) in [6.45, 7) is 3.99. The summed E-state index contributed by atoms with van der Waals surface area (Å²) in [5.41, 5.74) is 3.22. The van der Waals surface area contributed by atoms with E-state index in [1.807, 2.05) is 30.3 Å². The van der Waals surface area contributed by atoms with E-state index >= 15 is 0 Å². The van der Waals surface area contributed by atoms with Gasteiger partial charge in [0.1, 0.15) is 18.2 Å². The Kier molecular flexibility index (Phi) is 8.21. The number of allylic oxidation sites excluding steroid dienone is 1. The number of carbonyl (C=O) groups excluding carboxylic acids is 1. The van der Waals surface area contributed by atoms with Crippen LogP contribution in [0.2, 0.25) is 0 Å². The normalized spacial score (nSPS) is 10.5. The highest BCUT2D eigenvalue weighted by atomic mass is 16.5. The van der Waals surface area contributed by atoms with Crippen LogP contribution in [0, 0.1) is 22.7 Å². The molecule has 34 heavy (non-hydrogen) atoms. The van der Waals surface area contributed by atoms with E-state index in [1.165, 1.54) is 13.2 Å². The summed E-state index contributed by atoms with van der Waals surface area (Å²) in [5, 5.41) is 21.6. The Morgan fingerprint density at radius 2 is 1.79 bits per heavy atom. The van der Waals surface area contributed by atoms with Crippen LogP contribution in [0.15, 0.2) is 85.0 Å². The first-order chi connectivity index (χ1) is 16.6. The lowest BCUT2D eigenvalue weighted by Crippen LogP contribution is -2.13. The summed E-state index contributed by atoms with van der Waals surface area (Å²) >= 11 is 0. The molecule has 0 aliphatic heterocycles. The predicted molar refractivity (Wildman–Crippen MR) is 131 cm³/mol. The minimum Gasteiger partial charge on any atom is -0.493 e. The third kappa shape index (κ3) is 5.91. The first-order valence-electron chi connectivity index (χ1n) is 10.5. The summed E-state index contributed by atoms with van der Waals surface area (Å²) in [6.07, 6.45) is 3.71. The fourth-order valence-corrected chi connectivity index (χ4v) is 3.33. The van der Waals surface area contributed by atoms with Crippen molar-refractivity contribution < 1.29 is 14.3 Å². The first kappa shape index (κ1) is 23.8. The van der Waals surface area contributed by atoms with E-state index in [1.54, 1.807) is 48.5 Å². The van der Waals surface area contributed by atoms with Crippen LogP contribution in [-0.4, -0.2) is 13.0 Å². The van der Waals surface area contributed by atoms with E-state index in [4.69, 9.17) is 9.47 Å². The lowest BCUT2D eigenvalue weighted by Gasteiger charge is -2.16. The topological polar surface area (TPSA) is 95.1 Å². The molecule has 0 unspecified atom stereocenters. The zero-order valence-electron chi connectivity index (χ0n) is 18.7. The molecule has 3 aromatic rings. The van der Waals surface area contributed by atoms with E-state index in [0.29, 0.717) is 34.7 Å². The van der Waals surface area contributed by atoms with Crippen LogP contribution in [0.5, 0.6) is 11.5 Å². The minimum atomic E-state index is -0.508. The number of methoxy groups -OCH3 is 1. The molecule has 0 aromatic heterocycles. The number of ether oxygens (including phenoxy) is 2. The molecule has 0 aliphatic carbocycles. The van der Waals surface area contributed by atoms with E-state index < -0.39 is 5.91 Å². The molecule has 0 aliphatic rings. The van der Waals surface area contributed by atoms with Crippen molar-refractivity contribution in [2.24, 2.45) is 0 Å². The van der Waals surface area contributed by atoms with Crippen molar-refractivity contribution in [2.45, 2.75) is 13.0 Å². The zero-order valence-corrected chi connectivity index (χ0v) is 18.7. The van der Waals surface area contributed by atoms with Crippen LogP contribution in [-0.2, 0) is 17.8 Å². The molecule has 1 N–H and O–H groups in total. The number of nitriles is 2. The highest BCUT2D eigenvalue weighted by Gasteiger charge is 2.15. The summed E-state index contributed by atoms with van der Waals surface area (Å²) in [7, 11) is 1.52. The van der Waals surface area contributed by atoms with Crippen LogP contribution in [0.3, 0.4) is 0 Å². The van der Waals surface area contributed by atoms with Crippen LogP contribution in [0.4, 0.5) is 5.69 Å². The standard InChI is InChI=1S/C28H23N3O3/c1-3-9-21-14-20(15-24(18-30)28(32)31-25-12-5-4-6-13-25)16-26(33-2)27(21)34-19-23-11-8-7-10-22(23)17-29/h3-8,10-16H,1,9,19H2,2H3,(H,31,32)/b24-15+. The number of carbonyl (C=O) groups is 1. The maximum absolute atomic E-state index is 12.6. The van der Waals surface area contributed by atoms with Crippen molar-refractivity contribution in [3.63, 3.8) is 0 Å². The van der Waals surface area contributed by atoms with Crippen molar-refractivity contribution in [3.05, 3.63) is 107 Å². The number of amides is 1. The molecule has 3 aromatic carbocycles. The SMILES string of the molecule is C=CCc1cc(/C=C(\C#N)C(=O)Nc2ccccc2)cc(OC)c1OCc1ccccc1C#N. The first-order valence-corrected chi connectivity index (χ1v) is 10.5. The van der Waals surface area contributed by atoms with Crippen molar-refractivity contribution in [1.82, 2.24) is 0 Å². The van der Waals surface area contributed by atoms with Gasteiger partial charge in [0, 0.05) is 16.8 Å². The molecule has 0 radical (unpaired) electrons. The number of nitrogens with zero attached hydrogens (tertiary/aromatic N) is 2. The van der Waals surface area contributed by atoms with Crippen LogP contribution in [0.25, 0.3) is 6.08 Å². The third-order valence-electron chi connectivity index (χ3n) is 4.96. The molecular formula is C28H23N3O3. The Morgan fingerprint density at radius 3 is 2.47 bits per heavy atom. The number of rotatable bonds is 9. The number of nitrogens with one attached hydrogen (secondary N) is 1. The van der Waals surface area contributed by atoms with Gasteiger partial charge >= 0.3 is 0 Å². The van der Waals surface area contributed by atoms with Crippen LogP contribution in [0.1, 0.15) is 22.3 Å². The number of anilines is 1. The predicted octanol–water partition coefficient (Wildman–Crippen LogP) is 5.42. The number of hydrogen-bond acceptors (Lipinski definition) is 5. The van der Waals surface area contributed by atoms with Gasteiger partial charge in [0.25, 0.3) is 5.91 Å². The minimum absolute atomic E-state index is 0.0490. The average Bonchev–Trinajstić information content (AvgIpc) is 2.87. The molecule has 0 bridgehead atoms. The zero-order chi connectivity index (χ0) is 24.3. The van der Waals surface area contributed by atoms with Gasteiger partial charge in [0.2, 0.25) is 0 Å². The molecule has 0 atom stereocenters. The Hall–Kier alpha value is -4.81. The van der Waals surface area contributed by atoms with Gasteiger partial charge in [0.15, 0.2) is 11.5 Å². The second kappa shape index (κ2) is 11.7.